The van der Waals surface area contributed by atoms with Gasteiger partial charge in [-0.15, -0.1) is 11.3 Å². The van der Waals surface area contributed by atoms with E-state index in [2.05, 4.69) is 186 Å². The van der Waals surface area contributed by atoms with E-state index in [1.54, 1.807) is 0 Å². The van der Waals surface area contributed by atoms with Crippen molar-refractivity contribution in [3.8, 4) is 16.8 Å². The fraction of sp³-hybridized carbons (Fsp3) is 0.0200. The van der Waals surface area contributed by atoms with Crippen LogP contribution in [0.4, 0.5) is 5.69 Å². The van der Waals surface area contributed by atoms with E-state index >= 15 is 0 Å². The summed E-state index contributed by atoms with van der Waals surface area (Å²) >= 11 is 1.88. The molecule has 4 nitrogen and oxygen atoms in total. The second-order valence-electron chi connectivity index (χ2n) is 14.3. The zero-order chi connectivity index (χ0) is 36.0. The summed E-state index contributed by atoms with van der Waals surface area (Å²) in [6, 6.07) is 62.7. The smallest absolute Gasteiger partial charge is 0.159 e. The number of fused-ring (bicyclic) bond motifs is 11. The molecule has 0 saturated heterocycles. The van der Waals surface area contributed by atoms with Gasteiger partial charge in [-0.1, -0.05) is 140 Å². The van der Waals surface area contributed by atoms with E-state index in [1.165, 1.54) is 47.6 Å². The summed E-state index contributed by atoms with van der Waals surface area (Å²) in [4.78, 5) is 5.46. The van der Waals surface area contributed by atoms with E-state index in [0.717, 1.165) is 61.2 Å². The molecule has 3 aromatic heterocycles. The minimum Gasteiger partial charge on any atom is -0.454 e. The molecule has 0 aliphatic carbocycles. The summed E-state index contributed by atoms with van der Waals surface area (Å²) in [7, 11) is 0. The van der Waals surface area contributed by atoms with Gasteiger partial charge in [0.05, 0.1) is 22.4 Å². The number of nitrogens with zero attached hydrogens (tertiary/aromatic N) is 2. The van der Waals surface area contributed by atoms with E-state index < -0.39 is 0 Å². The van der Waals surface area contributed by atoms with Crippen molar-refractivity contribution in [2.45, 2.75) is 6.17 Å². The quantitative estimate of drug-likeness (QED) is 0.197. The lowest BCUT2D eigenvalue weighted by Gasteiger charge is -2.26. The molecule has 0 spiro atoms. The normalized spacial score (nSPS) is 14.3. The second kappa shape index (κ2) is 11.8. The van der Waals surface area contributed by atoms with E-state index in [9.17, 15) is 0 Å². The highest BCUT2D eigenvalue weighted by atomic mass is 32.1. The average molecular weight is 722 g/mol. The minimum atomic E-state index is -0.318. The number of aromatic nitrogens is 1. The van der Waals surface area contributed by atoms with Crippen LogP contribution in [0.25, 0.3) is 80.7 Å². The number of hydrogen-bond donors (Lipinski definition) is 1. The van der Waals surface area contributed by atoms with Crippen LogP contribution in [-0.4, -0.2) is 10.3 Å². The third-order valence-electron chi connectivity index (χ3n) is 11.2. The lowest BCUT2D eigenvalue weighted by atomic mass is 9.95. The molecule has 4 heterocycles. The van der Waals surface area contributed by atoms with Gasteiger partial charge in [0.25, 0.3) is 0 Å². The molecule has 1 aliphatic heterocycles. The Kier molecular flexibility index (Phi) is 6.53. The molecule has 1 aliphatic rings. The predicted octanol–water partition coefficient (Wildman–Crippen LogP) is 13.7. The fourth-order valence-electron chi connectivity index (χ4n) is 8.78. The van der Waals surface area contributed by atoms with Crippen molar-refractivity contribution in [2.75, 3.05) is 5.32 Å². The van der Waals surface area contributed by atoms with Gasteiger partial charge in [0.1, 0.15) is 11.7 Å². The summed E-state index contributed by atoms with van der Waals surface area (Å²) in [6.07, 6.45) is -0.318. The Labute approximate surface area is 320 Å². The fourth-order valence-corrected chi connectivity index (χ4v) is 10.0. The predicted molar refractivity (Wildman–Crippen MR) is 231 cm³/mol. The lowest BCUT2D eigenvalue weighted by molar-refractivity contribution is 0.665. The largest absolute Gasteiger partial charge is 0.454 e. The van der Waals surface area contributed by atoms with Crippen LogP contribution in [0, 0.1) is 0 Å². The van der Waals surface area contributed by atoms with E-state index in [0.29, 0.717) is 0 Å². The molecule has 0 saturated carbocycles. The number of thiophene rings is 1. The summed E-state index contributed by atoms with van der Waals surface area (Å²) < 4.78 is 11.9. The standard InChI is InChI=1S/C50H31N3OS/c1-2-12-30(13-3-1)31-24-26-32(27-25-31)47-35-15-4-7-19-39(35)51-50(52-47)38-18-11-22-43-45(38)37-17-10-21-42(48(37)54-43)53-40-20-8-5-16-36(40)46-41(53)29-28-34-33-14-6-9-23-44(33)55-49(34)46/h1-29,50-51H. The molecule has 0 bridgehead atoms. The first kappa shape index (κ1) is 30.5. The van der Waals surface area contributed by atoms with Crippen LogP contribution in [0.1, 0.15) is 22.9 Å². The summed E-state index contributed by atoms with van der Waals surface area (Å²) in [5, 5.41) is 11.1. The Hall–Kier alpha value is -6.95. The Morgan fingerprint density at radius 3 is 2.16 bits per heavy atom. The number of anilines is 1. The molecule has 258 valence electrons. The third kappa shape index (κ3) is 4.54. The maximum absolute atomic E-state index is 6.91. The molecular formula is C50H31N3OS. The minimum absolute atomic E-state index is 0.318. The number of rotatable bonds is 4. The lowest BCUT2D eigenvalue weighted by Crippen LogP contribution is -2.20. The molecule has 1 N–H and O–H groups in total. The summed E-state index contributed by atoms with van der Waals surface area (Å²) in [5.74, 6) is 0. The van der Waals surface area contributed by atoms with Crippen LogP contribution < -0.4 is 5.32 Å². The van der Waals surface area contributed by atoms with Gasteiger partial charge in [-0.05, 0) is 47.5 Å². The van der Waals surface area contributed by atoms with Crippen LogP contribution in [0.3, 0.4) is 0 Å². The first-order valence-electron chi connectivity index (χ1n) is 18.7. The van der Waals surface area contributed by atoms with Crippen molar-refractivity contribution in [3.63, 3.8) is 0 Å². The highest BCUT2D eigenvalue weighted by Gasteiger charge is 2.27. The van der Waals surface area contributed by atoms with Gasteiger partial charge >= 0.3 is 0 Å². The van der Waals surface area contributed by atoms with Crippen molar-refractivity contribution in [1.82, 2.24) is 4.57 Å². The third-order valence-corrected chi connectivity index (χ3v) is 12.5. The van der Waals surface area contributed by atoms with Crippen LogP contribution in [0.2, 0.25) is 0 Å². The number of benzene rings is 8. The zero-order valence-electron chi connectivity index (χ0n) is 29.5. The molecule has 0 amide bonds. The van der Waals surface area contributed by atoms with Gasteiger partial charge in [0.2, 0.25) is 0 Å². The first-order chi connectivity index (χ1) is 27.3. The van der Waals surface area contributed by atoms with Crippen LogP contribution >= 0.6 is 11.3 Å². The zero-order valence-corrected chi connectivity index (χ0v) is 30.3. The molecule has 0 radical (unpaired) electrons. The average Bonchev–Trinajstić information content (AvgIpc) is 3.93. The van der Waals surface area contributed by atoms with Gasteiger partial charge in [0.15, 0.2) is 5.58 Å². The van der Waals surface area contributed by atoms with Gasteiger partial charge in [-0.3, -0.25) is 4.99 Å². The molecule has 11 aromatic rings. The molecule has 12 rings (SSSR count). The van der Waals surface area contributed by atoms with E-state index in [4.69, 9.17) is 9.41 Å². The van der Waals surface area contributed by atoms with Crippen molar-refractivity contribution < 1.29 is 4.42 Å². The number of nitrogens with one attached hydrogen (secondary N) is 1. The number of aliphatic imine (C=N–C) groups is 1. The Morgan fingerprint density at radius 2 is 1.25 bits per heavy atom. The van der Waals surface area contributed by atoms with E-state index in [1.807, 2.05) is 11.3 Å². The van der Waals surface area contributed by atoms with Crippen molar-refractivity contribution in [2.24, 2.45) is 4.99 Å². The van der Waals surface area contributed by atoms with Crippen LogP contribution in [0.15, 0.2) is 185 Å². The number of para-hydroxylation sites is 3. The molecule has 5 heteroatoms. The topological polar surface area (TPSA) is 42.5 Å². The molecular weight excluding hydrogens is 691 g/mol. The molecule has 0 fully saturated rings. The van der Waals surface area contributed by atoms with Gasteiger partial charge in [-0.2, -0.15) is 0 Å². The highest BCUT2D eigenvalue weighted by molar-refractivity contribution is 7.26. The Bertz CT molecular complexity index is 3350. The summed E-state index contributed by atoms with van der Waals surface area (Å²) in [5.41, 5.74) is 12.7. The van der Waals surface area contributed by atoms with Crippen molar-refractivity contribution in [3.05, 3.63) is 193 Å². The second-order valence-corrected chi connectivity index (χ2v) is 15.3. The number of furan rings is 1. The molecule has 1 unspecified atom stereocenters. The maximum Gasteiger partial charge on any atom is 0.159 e. The Balaban J connectivity index is 1.05. The van der Waals surface area contributed by atoms with Gasteiger partial charge in [0, 0.05) is 64.1 Å². The number of hydrogen-bond acceptors (Lipinski definition) is 4. The van der Waals surface area contributed by atoms with Gasteiger partial charge < -0.3 is 14.3 Å². The highest BCUT2D eigenvalue weighted by Crippen LogP contribution is 2.45. The molecule has 1 atom stereocenters. The molecule has 8 aromatic carbocycles. The molecule has 55 heavy (non-hydrogen) atoms. The monoisotopic (exact) mass is 721 g/mol. The van der Waals surface area contributed by atoms with Crippen LogP contribution in [-0.2, 0) is 0 Å². The van der Waals surface area contributed by atoms with Gasteiger partial charge in [-0.25, -0.2) is 0 Å². The van der Waals surface area contributed by atoms with Crippen LogP contribution in [0.5, 0.6) is 0 Å². The SMILES string of the molecule is c1ccc(-c2ccc(C3=NC(c4cccc5oc6c(-n7c8ccccc8c8c9sc%10ccccc%10c9ccc87)cccc6c45)Nc4ccccc43)cc2)cc1. The van der Waals surface area contributed by atoms with Crippen molar-refractivity contribution >= 4 is 86.7 Å². The van der Waals surface area contributed by atoms with E-state index in [-0.39, 0.29) is 6.17 Å². The Morgan fingerprint density at radius 1 is 0.527 bits per heavy atom. The maximum atomic E-state index is 6.91. The first-order valence-corrected chi connectivity index (χ1v) is 19.5. The van der Waals surface area contributed by atoms with Crippen molar-refractivity contribution in [1.29, 1.82) is 0 Å². The summed E-state index contributed by atoms with van der Waals surface area (Å²) in [6.45, 7) is 0.